The van der Waals surface area contributed by atoms with Crippen molar-refractivity contribution in [2.24, 2.45) is 10.8 Å². The van der Waals surface area contributed by atoms with Crippen molar-refractivity contribution in [1.82, 2.24) is 4.98 Å². The van der Waals surface area contributed by atoms with Crippen molar-refractivity contribution in [3.63, 3.8) is 0 Å². The second kappa shape index (κ2) is 10.1. The van der Waals surface area contributed by atoms with Crippen LogP contribution >= 0.6 is 0 Å². The van der Waals surface area contributed by atoms with Crippen molar-refractivity contribution in [3.8, 4) is 11.3 Å². The van der Waals surface area contributed by atoms with Crippen LogP contribution < -0.4 is 0 Å². The molecule has 0 saturated heterocycles. The molecule has 208 valence electrons. The van der Waals surface area contributed by atoms with E-state index in [9.17, 15) is 1.37 Å². The minimum absolute atomic E-state index is 0.178. The molecular weight excluding hydrogens is 486 g/mol. The molecule has 1 aliphatic carbocycles. The zero-order valence-corrected chi connectivity index (χ0v) is 25.5. The molecule has 1 saturated carbocycles. The van der Waals surface area contributed by atoms with E-state index in [4.69, 9.17) is 9.40 Å². The molecule has 5 aromatic rings. The van der Waals surface area contributed by atoms with Crippen LogP contribution in [0.15, 0.2) is 59.1 Å². The number of nitrogens with zero attached hydrogens (tertiary/aromatic N) is 1. The summed E-state index contributed by atoms with van der Waals surface area (Å²) in [6, 6.07) is 17.7. The summed E-state index contributed by atoms with van der Waals surface area (Å²) in [6.07, 6.45) is 9.50. The molecule has 40 heavy (non-hydrogen) atoms. The number of pyridine rings is 1. The van der Waals surface area contributed by atoms with Crippen LogP contribution in [-0.2, 0) is 12.8 Å². The van der Waals surface area contributed by atoms with Gasteiger partial charge in [-0.15, -0.1) is 0 Å². The molecule has 0 radical (unpaired) electrons. The lowest BCUT2D eigenvalue weighted by Gasteiger charge is -2.24. The lowest BCUT2D eigenvalue weighted by molar-refractivity contribution is 0.392. The van der Waals surface area contributed by atoms with Gasteiger partial charge in [0, 0.05) is 29.3 Å². The van der Waals surface area contributed by atoms with Gasteiger partial charge in [-0.1, -0.05) is 91.1 Å². The number of furan rings is 1. The summed E-state index contributed by atoms with van der Waals surface area (Å²) in [5.41, 5.74) is 9.29. The number of rotatable bonds is 4. The maximum atomic E-state index is 9.26. The van der Waals surface area contributed by atoms with E-state index in [1.54, 1.807) is 0 Å². The number of benzene rings is 3. The van der Waals surface area contributed by atoms with Crippen LogP contribution in [0.3, 0.4) is 0 Å². The standard InChI is InChI=1S/C38H45NO/c1-24-18-27-17-16-26(25-12-9-8-10-13-25)19-32(27)36-34(24)31-15-11-14-30(35(31)40-36)33-20-28(21-37(2,3)4)29(23-39-33)22-38(5,6)7/h11,14-20,23,25H,8-10,12-13,21-22H2,1-7H3/i25D. The number of aromatic nitrogens is 1. The molecule has 2 heteroatoms. The average Bonchev–Trinajstić information content (AvgIpc) is 3.29. The number of fused-ring (bicyclic) bond motifs is 5. The summed E-state index contributed by atoms with van der Waals surface area (Å²) in [5, 5.41) is 4.60. The van der Waals surface area contributed by atoms with Crippen molar-refractivity contribution in [2.45, 2.75) is 99.3 Å². The van der Waals surface area contributed by atoms with Gasteiger partial charge in [-0.05, 0) is 95.2 Å². The number of aryl methyl sites for hydroxylation is 1. The summed E-state index contributed by atoms with van der Waals surface area (Å²) in [7, 11) is 0. The van der Waals surface area contributed by atoms with E-state index in [2.05, 4.69) is 103 Å². The number of para-hydroxylation sites is 1. The van der Waals surface area contributed by atoms with Crippen molar-refractivity contribution in [2.75, 3.05) is 0 Å². The molecular formula is C38H45NO. The molecule has 0 amide bonds. The Kier molecular flexibility index (Phi) is 6.49. The Hall–Kier alpha value is -3.13. The van der Waals surface area contributed by atoms with E-state index in [0.717, 1.165) is 77.3 Å². The SMILES string of the molecule is [2H]C1(c2ccc3cc(C)c4c5cccc(-c6cc(CC(C)(C)C)c(CC(C)(C)C)cn6)c5oc4c3c2)CCCCC1. The third kappa shape index (κ3) is 5.30. The fourth-order valence-electron chi connectivity index (χ4n) is 6.71. The Balaban J connectivity index is 1.54. The van der Waals surface area contributed by atoms with Gasteiger partial charge in [-0.2, -0.15) is 0 Å². The zero-order chi connectivity index (χ0) is 29.2. The molecule has 2 nitrogen and oxygen atoms in total. The van der Waals surface area contributed by atoms with Crippen LogP contribution in [0, 0.1) is 17.8 Å². The fraction of sp³-hybridized carbons (Fsp3) is 0.447. The molecule has 1 aliphatic rings. The lowest BCUT2D eigenvalue weighted by Crippen LogP contribution is -2.15. The predicted octanol–water partition coefficient (Wildman–Crippen LogP) is 11.3. The first-order chi connectivity index (χ1) is 19.3. The van der Waals surface area contributed by atoms with Gasteiger partial charge in [0.2, 0.25) is 0 Å². The molecule has 0 bridgehead atoms. The van der Waals surface area contributed by atoms with Gasteiger partial charge < -0.3 is 4.42 Å². The van der Waals surface area contributed by atoms with E-state index >= 15 is 0 Å². The minimum Gasteiger partial charge on any atom is -0.455 e. The number of hydrogen-bond donors (Lipinski definition) is 0. The van der Waals surface area contributed by atoms with Crippen LogP contribution in [0.25, 0.3) is 44.0 Å². The molecule has 0 unspecified atom stereocenters. The largest absolute Gasteiger partial charge is 0.455 e. The van der Waals surface area contributed by atoms with Crippen LogP contribution in [-0.4, -0.2) is 4.98 Å². The first-order valence-corrected chi connectivity index (χ1v) is 15.2. The van der Waals surface area contributed by atoms with Crippen LogP contribution in [0.5, 0.6) is 0 Å². The van der Waals surface area contributed by atoms with Crippen LogP contribution in [0.4, 0.5) is 0 Å². The topological polar surface area (TPSA) is 26.0 Å². The van der Waals surface area contributed by atoms with Gasteiger partial charge in [0.25, 0.3) is 0 Å². The van der Waals surface area contributed by atoms with E-state index in [0.29, 0.717) is 0 Å². The highest BCUT2D eigenvalue weighted by molar-refractivity contribution is 6.18. The molecule has 0 atom stereocenters. The fourth-order valence-corrected chi connectivity index (χ4v) is 6.71. The average molecular weight is 533 g/mol. The van der Waals surface area contributed by atoms with Gasteiger partial charge in [0.05, 0.1) is 5.69 Å². The second-order valence-corrected chi connectivity index (χ2v) is 14.6. The van der Waals surface area contributed by atoms with Crippen molar-refractivity contribution in [3.05, 3.63) is 77.0 Å². The summed E-state index contributed by atoms with van der Waals surface area (Å²) >= 11 is 0. The highest BCUT2D eigenvalue weighted by Crippen LogP contribution is 2.42. The molecule has 2 aromatic heterocycles. The summed E-state index contributed by atoms with van der Waals surface area (Å²) in [5.74, 6) is -0.497. The molecule has 0 spiro atoms. The highest BCUT2D eigenvalue weighted by Gasteiger charge is 2.22. The smallest absolute Gasteiger partial charge is 0.144 e. The van der Waals surface area contributed by atoms with Crippen molar-refractivity contribution >= 4 is 32.7 Å². The Morgan fingerprint density at radius 2 is 1.55 bits per heavy atom. The quantitative estimate of drug-likeness (QED) is 0.230. The molecule has 3 aromatic carbocycles. The van der Waals surface area contributed by atoms with E-state index in [1.165, 1.54) is 33.9 Å². The first kappa shape index (κ1) is 25.8. The Morgan fingerprint density at radius 3 is 2.27 bits per heavy atom. The summed E-state index contributed by atoms with van der Waals surface area (Å²) in [4.78, 5) is 5.03. The predicted molar refractivity (Wildman–Crippen MR) is 171 cm³/mol. The third-order valence-electron chi connectivity index (χ3n) is 8.45. The summed E-state index contributed by atoms with van der Waals surface area (Å²) < 4.78 is 16.1. The Labute approximate surface area is 241 Å². The van der Waals surface area contributed by atoms with E-state index in [1.807, 2.05) is 0 Å². The van der Waals surface area contributed by atoms with E-state index in [-0.39, 0.29) is 10.8 Å². The Morgan fingerprint density at radius 1 is 0.825 bits per heavy atom. The zero-order valence-electron chi connectivity index (χ0n) is 26.5. The lowest BCUT2D eigenvalue weighted by atomic mass is 9.81. The monoisotopic (exact) mass is 532 g/mol. The minimum atomic E-state index is -0.497. The first-order valence-electron chi connectivity index (χ1n) is 15.7. The maximum Gasteiger partial charge on any atom is 0.144 e. The van der Waals surface area contributed by atoms with Crippen LogP contribution in [0.2, 0.25) is 0 Å². The van der Waals surface area contributed by atoms with Gasteiger partial charge in [0.15, 0.2) is 0 Å². The van der Waals surface area contributed by atoms with Gasteiger partial charge in [0.1, 0.15) is 11.2 Å². The van der Waals surface area contributed by atoms with Crippen molar-refractivity contribution in [1.29, 1.82) is 0 Å². The van der Waals surface area contributed by atoms with Crippen LogP contribution in [0.1, 0.15) is 103 Å². The van der Waals surface area contributed by atoms with Crippen molar-refractivity contribution < 1.29 is 5.79 Å². The van der Waals surface area contributed by atoms with E-state index < -0.39 is 5.89 Å². The van der Waals surface area contributed by atoms with Gasteiger partial charge >= 0.3 is 0 Å². The normalized spacial score (nSPS) is 16.6. The molecule has 0 aliphatic heterocycles. The van der Waals surface area contributed by atoms with Gasteiger partial charge in [-0.3, -0.25) is 4.98 Å². The highest BCUT2D eigenvalue weighted by atomic mass is 16.3. The number of hydrogen-bond acceptors (Lipinski definition) is 2. The molecule has 1 fully saturated rings. The second-order valence-electron chi connectivity index (χ2n) is 14.6. The summed E-state index contributed by atoms with van der Waals surface area (Å²) in [6.45, 7) is 16.0. The van der Waals surface area contributed by atoms with Gasteiger partial charge in [-0.25, -0.2) is 0 Å². The third-order valence-corrected chi connectivity index (χ3v) is 8.45. The molecule has 2 heterocycles. The molecule has 0 N–H and O–H groups in total. The maximum absolute atomic E-state index is 9.26. The molecule has 6 rings (SSSR count). The Bertz CT molecular complexity index is 1760.